The van der Waals surface area contributed by atoms with Crippen LogP contribution in [0, 0.1) is 0 Å². The normalized spacial score (nSPS) is 27.8. The highest BCUT2D eigenvalue weighted by Crippen LogP contribution is 2.17. The molecule has 1 heterocycles. The number of rotatable bonds is 4. The Morgan fingerprint density at radius 3 is 2.74 bits per heavy atom. The number of esters is 1. The Kier molecular flexibility index (Phi) is 5.26. The Morgan fingerprint density at radius 2 is 2.21 bits per heavy atom. The SMILES string of the molecule is CSCC[C@H]1N[C@](C)(C(=O)NC(C)(C)C)COC1=O. The number of thioether (sulfide) groups is 1. The van der Waals surface area contributed by atoms with Gasteiger partial charge in [-0.1, -0.05) is 0 Å². The molecule has 1 fully saturated rings. The van der Waals surface area contributed by atoms with Gasteiger partial charge >= 0.3 is 5.97 Å². The van der Waals surface area contributed by atoms with Gasteiger partial charge in [0.05, 0.1) is 0 Å². The Bertz CT molecular complexity index is 354. The summed E-state index contributed by atoms with van der Waals surface area (Å²) in [5, 5.41) is 6.06. The molecule has 1 saturated heterocycles. The first-order chi connectivity index (χ1) is 8.68. The number of carbonyl (C=O) groups excluding carboxylic acids is 2. The molecular formula is C13H24N2O3S. The van der Waals surface area contributed by atoms with Crippen LogP contribution in [-0.4, -0.2) is 47.6 Å². The molecule has 0 bridgehead atoms. The van der Waals surface area contributed by atoms with Crippen molar-refractivity contribution in [1.82, 2.24) is 10.6 Å². The molecule has 1 aliphatic heterocycles. The fourth-order valence-electron chi connectivity index (χ4n) is 1.84. The van der Waals surface area contributed by atoms with E-state index < -0.39 is 11.6 Å². The molecule has 110 valence electrons. The second kappa shape index (κ2) is 6.13. The standard InChI is InChI=1S/C13H24N2O3S/c1-12(2,3)15-11(17)13(4)8-18-10(16)9(14-13)6-7-19-5/h9,14H,6-8H2,1-5H3,(H,15,17)/t9-,13+/m1/s1. The lowest BCUT2D eigenvalue weighted by Crippen LogP contribution is -2.67. The van der Waals surface area contributed by atoms with Crippen LogP contribution in [0.25, 0.3) is 0 Å². The number of hydrogen-bond acceptors (Lipinski definition) is 5. The maximum Gasteiger partial charge on any atom is 0.323 e. The number of carbonyl (C=O) groups is 2. The van der Waals surface area contributed by atoms with Crippen molar-refractivity contribution in [3.63, 3.8) is 0 Å². The smallest absolute Gasteiger partial charge is 0.323 e. The molecule has 0 aromatic rings. The van der Waals surface area contributed by atoms with Crippen molar-refractivity contribution in [3.05, 3.63) is 0 Å². The van der Waals surface area contributed by atoms with Crippen molar-refractivity contribution in [2.24, 2.45) is 0 Å². The first kappa shape index (κ1) is 16.3. The third kappa shape index (κ3) is 4.69. The minimum Gasteiger partial charge on any atom is -0.462 e. The van der Waals surface area contributed by atoms with Gasteiger partial charge in [0, 0.05) is 5.54 Å². The third-order valence-electron chi connectivity index (χ3n) is 2.88. The van der Waals surface area contributed by atoms with Gasteiger partial charge in [0.25, 0.3) is 0 Å². The van der Waals surface area contributed by atoms with Gasteiger partial charge < -0.3 is 10.1 Å². The van der Waals surface area contributed by atoms with Gasteiger partial charge in [0.2, 0.25) is 5.91 Å². The Hall–Kier alpha value is -0.750. The molecule has 2 atom stereocenters. The molecule has 1 aliphatic rings. The molecule has 1 amide bonds. The van der Waals surface area contributed by atoms with Crippen LogP contribution >= 0.6 is 11.8 Å². The van der Waals surface area contributed by atoms with Crippen molar-refractivity contribution in [3.8, 4) is 0 Å². The molecule has 6 heteroatoms. The molecular weight excluding hydrogens is 264 g/mol. The van der Waals surface area contributed by atoms with Crippen molar-refractivity contribution in [2.75, 3.05) is 18.6 Å². The predicted octanol–water partition coefficient (Wildman–Crippen LogP) is 0.928. The summed E-state index contributed by atoms with van der Waals surface area (Å²) >= 11 is 1.67. The molecule has 2 N–H and O–H groups in total. The summed E-state index contributed by atoms with van der Waals surface area (Å²) in [4.78, 5) is 24.0. The highest BCUT2D eigenvalue weighted by atomic mass is 32.2. The summed E-state index contributed by atoms with van der Waals surface area (Å²) in [6.45, 7) is 7.62. The topological polar surface area (TPSA) is 67.4 Å². The zero-order valence-corrected chi connectivity index (χ0v) is 13.1. The quantitative estimate of drug-likeness (QED) is 0.753. The van der Waals surface area contributed by atoms with Gasteiger partial charge in [-0.25, -0.2) is 0 Å². The fourth-order valence-corrected chi connectivity index (χ4v) is 2.31. The van der Waals surface area contributed by atoms with Crippen LogP contribution in [0.2, 0.25) is 0 Å². The molecule has 0 aromatic carbocycles. The summed E-state index contributed by atoms with van der Waals surface area (Å²) in [5.41, 5.74) is -1.16. The number of hydrogen-bond donors (Lipinski definition) is 2. The monoisotopic (exact) mass is 288 g/mol. The van der Waals surface area contributed by atoms with Gasteiger partial charge in [0.15, 0.2) is 0 Å². The maximum atomic E-state index is 12.3. The number of morpholine rings is 1. The molecule has 19 heavy (non-hydrogen) atoms. The lowest BCUT2D eigenvalue weighted by atomic mass is 9.96. The molecule has 0 spiro atoms. The molecule has 0 aliphatic carbocycles. The van der Waals surface area contributed by atoms with E-state index >= 15 is 0 Å². The van der Waals surface area contributed by atoms with Gasteiger partial charge in [-0.15, -0.1) is 0 Å². The van der Waals surface area contributed by atoms with Gasteiger partial charge in [0.1, 0.15) is 18.2 Å². The van der Waals surface area contributed by atoms with Crippen molar-refractivity contribution in [2.45, 2.75) is 51.2 Å². The fraction of sp³-hybridized carbons (Fsp3) is 0.846. The van der Waals surface area contributed by atoms with Crippen LogP contribution < -0.4 is 10.6 Å². The molecule has 0 aromatic heterocycles. The lowest BCUT2D eigenvalue weighted by Gasteiger charge is -2.38. The maximum absolute atomic E-state index is 12.3. The highest BCUT2D eigenvalue weighted by molar-refractivity contribution is 7.98. The van der Waals surface area contributed by atoms with Gasteiger partial charge in [-0.2, -0.15) is 11.8 Å². The number of amides is 1. The van der Waals surface area contributed by atoms with E-state index in [1.54, 1.807) is 18.7 Å². The average molecular weight is 288 g/mol. The summed E-state index contributed by atoms with van der Waals surface area (Å²) in [6, 6.07) is -0.406. The van der Waals surface area contributed by atoms with Crippen LogP contribution in [0.3, 0.4) is 0 Å². The Balaban J connectivity index is 2.71. The van der Waals surface area contributed by atoms with Crippen molar-refractivity contribution < 1.29 is 14.3 Å². The largest absolute Gasteiger partial charge is 0.462 e. The minimum atomic E-state index is -0.857. The van der Waals surface area contributed by atoms with E-state index in [2.05, 4.69) is 10.6 Å². The van der Waals surface area contributed by atoms with Crippen LogP contribution in [0.1, 0.15) is 34.1 Å². The van der Waals surface area contributed by atoms with Gasteiger partial charge in [-0.05, 0) is 46.1 Å². The summed E-state index contributed by atoms with van der Waals surface area (Å²) in [5.74, 6) is 0.445. The molecule has 1 rings (SSSR count). The van der Waals surface area contributed by atoms with Crippen molar-refractivity contribution >= 4 is 23.6 Å². The van der Waals surface area contributed by atoms with Gasteiger partial charge in [-0.3, -0.25) is 14.9 Å². The number of cyclic esters (lactones) is 1. The number of nitrogens with one attached hydrogen (secondary N) is 2. The first-order valence-electron chi connectivity index (χ1n) is 6.44. The zero-order chi connectivity index (χ0) is 14.7. The second-order valence-corrected chi connectivity index (χ2v) is 7.11. The van der Waals surface area contributed by atoms with E-state index in [-0.39, 0.29) is 24.0 Å². The minimum absolute atomic E-state index is 0.0729. The van der Waals surface area contributed by atoms with E-state index in [0.29, 0.717) is 6.42 Å². The Morgan fingerprint density at radius 1 is 1.58 bits per heavy atom. The van der Waals surface area contributed by atoms with E-state index in [1.165, 1.54) is 0 Å². The summed E-state index contributed by atoms with van der Waals surface area (Å²) in [7, 11) is 0. The van der Waals surface area contributed by atoms with Crippen LogP contribution in [0.15, 0.2) is 0 Å². The third-order valence-corrected chi connectivity index (χ3v) is 3.52. The van der Waals surface area contributed by atoms with E-state index in [4.69, 9.17) is 4.74 Å². The highest BCUT2D eigenvalue weighted by Gasteiger charge is 2.43. The molecule has 0 radical (unpaired) electrons. The molecule has 0 unspecified atom stereocenters. The zero-order valence-electron chi connectivity index (χ0n) is 12.3. The first-order valence-corrected chi connectivity index (χ1v) is 7.83. The predicted molar refractivity (Wildman–Crippen MR) is 77.2 cm³/mol. The molecule has 5 nitrogen and oxygen atoms in total. The Labute approximate surface area is 119 Å². The van der Waals surface area contributed by atoms with Crippen LogP contribution in [0.5, 0.6) is 0 Å². The van der Waals surface area contributed by atoms with E-state index in [9.17, 15) is 9.59 Å². The van der Waals surface area contributed by atoms with E-state index in [0.717, 1.165) is 5.75 Å². The summed E-state index contributed by atoms with van der Waals surface area (Å²) in [6.07, 6.45) is 2.65. The van der Waals surface area contributed by atoms with Crippen LogP contribution in [0.4, 0.5) is 0 Å². The number of ether oxygens (including phenoxy) is 1. The second-order valence-electron chi connectivity index (χ2n) is 6.12. The molecule has 0 saturated carbocycles. The van der Waals surface area contributed by atoms with Crippen molar-refractivity contribution in [1.29, 1.82) is 0 Å². The van der Waals surface area contributed by atoms with E-state index in [1.807, 2.05) is 27.0 Å². The average Bonchev–Trinajstić information content (AvgIpc) is 2.28. The van der Waals surface area contributed by atoms with Crippen LogP contribution in [-0.2, 0) is 14.3 Å². The summed E-state index contributed by atoms with van der Waals surface area (Å²) < 4.78 is 5.17. The lowest BCUT2D eigenvalue weighted by molar-refractivity contribution is -0.158.